The van der Waals surface area contributed by atoms with Crippen molar-refractivity contribution >= 4 is 12.4 Å². The van der Waals surface area contributed by atoms with Crippen LogP contribution in [-0.4, -0.2) is 56.3 Å². The molecule has 1 aromatic rings. The first-order valence-corrected chi connectivity index (χ1v) is 6.94. The second kappa shape index (κ2) is 8.58. The van der Waals surface area contributed by atoms with Gasteiger partial charge in [-0.15, -0.1) is 25.6 Å². The van der Waals surface area contributed by atoms with Gasteiger partial charge in [0, 0.05) is 37.8 Å². The molecule has 1 fully saturated rings. The van der Waals surface area contributed by atoms with E-state index in [1.54, 1.807) is 0 Å². The van der Waals surface area contributed by atoms with Crippen molar-refractivity contribution in [1.29, 1.82) is 0 Å². The van der Waals surface area contributed by atoms with Crippen LogP contribution in [0.5, 0.6) is 11.5 Å². The Labute approximate surface area is 138 Å². The topological polar surface area (TPSA) is 54.0 Å². The Morgan fingerprint density at radius 3 is 2.48 bits per heavy atom. The van der Waals surface area contributed by atoms with E-state index >= 15 is 0 Å². The number of ether oxygens (including phenoxy) is 2. The molecule has 0 radical (unpaired) electrons. The predicted molar refractivity (Wildman–Crippen MR) is 81.2 cm³/mol. The smallest absolute Gasteiger partial charge is 0.496 e. The predicted octanol–water partition coefficient (Wildman–Crippen LogP) is 1.95. The second-order valence-electron chi connectivity index (χ2n) is 4.94. The number of halogens is 4. The number of alkyl halides is 3. The summed E-state index contributed by atoms with van der Waals surface area (Å²) < 4.78 is 45.9. The first-order valence-electron chi connectivity index (χ1n) is 6.94. The molecule has 1 aromatic carbocycles. The fourth-order valence-electron chi connectivity index (χ4n) is 2.57. The molecule has 2 rings (SSSR count). The van der Waals surface area contributed by atoms with Gasteiger partial charge in [0.2, 0.25) is 0 Å². The molecule has 0 aliphatic carbocycles. The lowest BCUT2D eigenvalue weighted by molar-refractivity contribution is -0.274. The zero-order chi connectivity index (χ0) is 16.2. The van der Waals surface area contributed by atoms with Crippen molar-refractivity contribution in [3.8, 4) is 11.5 Å². The van der Waals surface area contributed by atoms with E-state index in [4.69, 9.17) is 4.74 Å². The van der Waals surface area contributed by atoms with Crippen LogP contribution in [0, 0.1) is 0 Å². The average Bonchev–Trinajstić information content (AvgIpc) is 2.48. The van der Waals surface area contributed by atoms with Gasteiger partial charge in [-0.05, 0) is 12.1 Å². The van der Waals surface area contributed by atoms with E-state index in [1.807, 2.05) is 0 Å². The number of piperazine rings is 1. The molecule has 23 heavy (non-hydrogen) atoms. The van der Waals surface area contributed by atoms with Crippen LogP contribution in [0.3, 0.4) is 0 Å². The Bertz CT molecular complexity index is 497. The van der Waals surface area contributed by atoms with Gasteiger partial charge in [0.15, 0.2) is 0 Å². The first kappa shape index (κ1) is 19.8. The summed E-state index contributed by atoms with van der Waals surface area (Å²) in [5, 5.41) is 12.9. The molecule has 0 unspecified atom stereocenters. The highest BCUT2D eigenvalue weighted by Gasteiger charge is 2.32. The van der Waals surface area contributed by atoms with Gasteiger partial charge in [-0.2, -0.15) is 0 Å². The Morgan fingerprint density at radius 2 is 1.96 bits per heavy atom. The number of methoxy groups -OCH3 is 1. The SMILES string of the molecule is COc1cc(OC(F)(F)F)ccc1[C@H](CO)N1CCNCC1.Cl. The van der Waals surface area contributed by atoms with Crippen LogP contribution in [0.4, 0.5) is 13.2 Å². The summed E-state index contributed by atoms with van der Waals surface area (Å²) in [6, 6.07) is 3.60. The lowest BCUT2D eigenvalue weighted by Crippen LogP contribution is -2.46. The number of hydrogen-bond donors (Lipinski definition) is 2. The van der Waals surface area contributed by atoms with Crippen LogP contribution in [-0.2, 0) is 0 Å². The van der Waals surface area contributed by atoms with Crippen molar-refractivity contribution in [2.24, 2.45) is 0 Å². The Morgan fingerprint density at radius 1 is 1.30 bits per heavy atom. The Kier molecular flexibility index (Phi) is 7.40. The number of nitrogens with one attached hydrogen (secondary N) is 1. The molecule has 0 bridgehead atoms. The maximum atomic E-state index is 12.3. The zero-order valence-corrected chi connectivity index (χ0v) is 13.4. The van der Waals surface area contributed by atoms with Crippen LogP contribution in [0.1, 0.15) is 11.6 Å². The Balaban J connectivity index is 0.00000264. The molecule has 0 spiro atoms. The second-order valence-corrected chi connectivity index (χ2v) is 4.94. The quantitative estimate of drug-likeness (QED) is 0.844. The molecule has 132 valence electrons. The van der Waals surface area contributed by atoms with Gasteiger partial charge in [0.25, 0.3) is 0 Å². The molecule has 2 N–H and O–H groups in total. The monoisotopic (exact) mass is 356 g/mol. The van der Waals surface area contributed by atoms with Crippen LogP contribution in [0.15, 0.2) is 18.2 Å². The number of hydrogen-bond acceptors (Lipinski definition) is 5. The van der Waals surface area contributed by atoms with E-state index < -0.39 is 6.36 Å². The van der Waals surface area contributed by atoms with Crippen molar-refractivity contribution in [2.45, 2.75) is 12.4 Å². The molecule has 0 amide bonds. The van der Waals surface area contributed by atoms with Gasteiger partial charge >= 0.3 is 6.36 Å². The van der Waals surface area contributed by atoms with Crippen LogP contribution < -0.4 is 14.8 Å². The zero-order valence-electron chi connectivity index (χ0n) is 12.6. The highest BCUT2D eigenvalue weighted by molar-refractivity contribution is 5.85. The van der Waals surface area contributed by atoms with Gasteiger partial charge in [-0.25, -0.2) is 0 Å². The van der Waals surface area contributed by atoms with Crippen LogP contribution >= 0.6 is 12.4 Å². The maximum absolute atomic E-state index is 12.3. The molecular weight excluding hydrogens is 337 g/mol. The number of nitrogens with zero attached hydrogens (tertiary/aromatic N) is 1. The fraction of sp³-hybridized carbons (Fsp3) is 0.571. The summed E-state index contributed by atoms with van der Waals surface area (Å²) >= 11 is 0. The number of aliphatic hydroxyl groups is 1. The molecular formula is C14H20ClF3N2O3. The van der Waals surface area contributed by atoms with Crippen LogP contribution in [0.25, 0.3) is 0 Å². The molecule has 1 atom stereocenters. The lowest BCUT2D eigenvalue weighted by Gasteiger charge is -2.34. The molecule has 1 aliphatic rings. The summed E-state index contributed by atoms with van der Waals surface area (Å²) in [6.07, 6.45) is -4.75. The maximum Gasteiger partial charge on any atom is 0.573 e. The van der Waals surface area contributed by atoms with E-state index in [2.05, 4.69) is 15.0 Å². The third-order valence-corrected chi connectivity index (χ3v) is 3.56. The van der Waals surface area contributed by atoms with Crippen molar-refractivity contribution < 1.29 is 27.8 Å². The molecule has 5 nitrogen and oxygen atoms in total. The molecule has 1 saturated heterocycles. The van der Waals surface area contributed by atoms with E-state index in [0.29, 0.717) is 5.56 Å². The van der Waals surface area contributed by atoms with E-state index in [9.17, 15) is 18.3 Å². The van der Waals surface area contributed by atoms with Crippen molar-refractivity contribution in [1.82, 2.24) is 10.2 Å². The minimum Gasteiger partial charge on any atom is -0.496 e. The number of rotatable bonds is 5. The summed E-state index contributed by atoms with van der Waals surface area (Å²) in [6.45, 7) is 2.95. The minimum atomic E-state index is -4.75. The third kappa shape index (κ3) is 5.42. The van der Waals surface area contributed by atoms with Gasteiger partial charge in [-0.1, -0.05) is 0 Å². The van der Waals surface area contributed by atoms with Crippen molar-refractivity contribution in [3.05, 3.63) is 23.8 Å². The third-order valence-electron chi connectivity index (χ3n) is 3.56. The molecule has 0 aromatic heterocycles. The molecule has 1 heterocycles. The minimum absolute atomic E-state index is 0. The first-order chi connectivity index (χ1) is 10.4. The highest BCUT2D eigenvalue weighted by atomic mass is 35.5. The van der Waals surface area contributed by atoms with Gasteiger partial charge in [0.05, 0.1) is 19.8 Å². The normalized spacial score (nSPS) is 17.3. The summed E-state index contributed by atoms with van der Waals surface area (Å²) in [7, 11) is 1.38. The highest BCUT2D eigenvalue weighted by Crippen LogP contribution is 2.34. The van der Waals surface area contributed by atoms with E-state index in [0.717, 1.165) is 26.2 Å². The van der Waals surface area contributed by atoms with E-state index in [-0.39, 0.29) is 36.6 Å². The standard InChI is InChI=1S/C14H19F3N2O3.ClH/c1-21-13-8-10(22-14(15,16)17)2-3-11(13)12(9-20)19-6-4-18-5-7-19;/h2-3,8,12,18,20H,4-7,9H2,1H3;1H/t12-;/m0./s1. The van der Waals surface area contributed by atoms with Crippen LogP contribution in [0.2, 0.25) is 0 Å². The van der Waals surface area contributed by atoms with Gasteiger partial charge in [0.1, 0.15) is 11.5 Å². The molecule has 1 aliphatic heterocycles. The van der Waals surface area contributed by atoms with Crippen molar-refractivity contribution in [3.63, 3.8) is 0 Å². The van der Waals surface area contributed by atoms with Gasteiger partial charge < -0.3 is 19.9 Å². The van der Waals surface area contributed by atoms with E-state index in [1.165, 1.54) is 25.3 Å². The summed E-state index contributed by atoms with van der Waals surface area (Å²) in [4.78, 5) is 2.07. The number of aliphatic hydroxyl groups excluding tert-OH is 1. The molecule has 9 heteroatoms. The molecule has 0 saturated carbocycles. The summed E-state index contributed by atoms with van der Waals surface area (Å²) in [5.74, 6) is -0.0792. The summed E-state index contributed by atoms with van der Waals surface area (Å²) in [5.41, 5.74) is 0.640. The Hall–Kier alpha value is -1.22. The largest absolute Gasteiger partial charge is 0.573 e. The fourth-order valence-corrected chi connectivity index (χ4v) is 2.57. The number of benzene rings is 1. The van der Waals surface area contributed by atoms with Crippen molar-refractivity contribution in [2.75, 3.05) is 39.9 Å². The average molecular weight is 357 g/mol. The lowest BCUT2D eigenvalue weighted by atomic mass is 10.0. The van der Waals surface area contributed by atoms with Gasteiger partial charge in [-0.3, -0.25) is 4.90 Å².